The van der Waals surface area contributed by atoms with Crippen LogP contribution in [0.25, 0.3) is 5.69 Å². The lowest BCUT2D eigenvalue weighted by Crippen LogP contribution is -2.42. The first-order chi connectivity index (χ1) is 14.2. The Morgan fingerprint density at radius 1 is 1.10 bits per heavy atom. The molecule has 0 aliphatic carbocycles. The molecule has 1 aliphatic heterocycles. The van der Waals surface area contributed by atoms with Gasteiger partial charge < -0.3 is 14.6 Å². The van der Waals surface area contributed by atoms with Crippen molar-refractivity contribution in [3.05, 3.63) is 73.1 Å². The second kappa shape index (κ2) is 8.87. The second-order valence-electron chi connectivity index (χ2n) is 7.11. The Balaban J connectivity index is 1.22. The number of piperidine rings is 1. The SMILES string of the molecule is O=C(CN1CCC(Oc2ccc(F)cc2)CC1)Nc1ccc(-n2ccnc2)cc1. The summed E-state index contributed by atoms with van der Waals surface area (Å²) in [7, 11) is 0. The molecule has 150 valence electrons. The van der Waals surface area contributed by atoms with E-state index in [1.807, 2.05) is 35.0 Å². The lowest BCUT2D eigenvalue weighted by molar-refractivity contribution is -0.117. The van der Waals surface area contributed by atoms with Crippen LogP contribution in [0.4, 0.5) is 10.1 Å². The number of carbonyl (C=O) groups is 1. The number of imidazole rings is 1. The highest BCUT2D eigenvalue weighted by Crippen LogP contribution is 2.19. The average Bonchev–Trinajstić information content (AvgIpc) is 3.27. The number of benzene rings is 2. The summed E-state index contributed by atoms with van der Waals surface area (Å²) in [5, 5.41) is 2.95. The van der Waals surface area contributed by atoms with E-state index in [1.54, 1.807) is 24.7 Å². The molecule has 1 amide bonds. The number of anilines is 1. The fourth-order valence-corrected chi connectivity index (χ4v) is 3.42. The molecule has 0 unspecified atom stereocenters. The maximum Gasteiger partial charge on any atom is 0.238 e. The Morgan fingerprint density at radius 3 is 2.48 bits per heavy atom. The number of aromatic nitrogens is 2. The molecule has 6 nitrogen and oxygen atoms in total. The molecule has 0 saturated carbocycles. The maximum atomic E-state index is 13.0. The first-order valence-electron chi connectivity index (χ1n) is 9.68. The monoisotopic (exact) mass is 394 g/mol. The van der Waals surface area contributed by atoms with Gasteiger partial charge in [-0.05, 0) is 61.4 Å². The molecule has 1 N–H and O–H groups in total. The second-order valence-corrected chi connectivity index (χ2v) is 7.11. The van der Waals surface area contributed by atoms with Gasteiger partial charge in [-0.25, -0.2) is 9.37 Å². The van der Waals surface area contributed by atoms with Crippen molar-refractivity contribution in [2.24, 2.45) is 0 Å². The Labute approximate surface area is 168 Å². The zero-order valence-corrected chi connectivity index (χ0v) is 16.0. The standard InChI is InChI=1S/C22H23FN4O2/c23-17-1-7-20(8-2-17)29-21-9-12-26(13-10-21)15-22(28)25-18-3-5-19(6-4-18)27-14-11-24-16-27/h1-8,11,14,16,21H,9-10,12-13,15H2,(H,25,28). The predicted molar refractivity (Wildman–Crippen MR) is 109 cm³/mol. The largest absolute Gasteiger partial charge is 0.490 e. The quantitative estimate of drug-likeness (QED) is 0.695. The van der Waals surface area contributed by atoms with Crippen LogP contribution in [0, 0.1) is 5.82 Å². The van der Waals surface area contributed by atoms with E-state index in [9.17, 15) is 9.18 Å². The Morgan fingerprint density at radius 2 is 1.83 bits per heavy atom. The molecule has 0 radical (unpaired) electrons. The third-order valence-corrected chi connectivity index (χ3v) is 4.97. The Bertz CT molecular complexity index is 918. The minimum atomic E-state index is -0.269. The van der Waals surface area contributed by atoms with E-state index in [1.165, 1.54) is 12.1 Å². The summed E-state index contributed by atoms with van der Waals surface area (Å²) in [5.74, 6) is 0.384. The highest BCUT2D eigenvalue weighted by molar-refractivity contribution is 5.92. The summed E-state index contributed by atoms with van der Waals surface area (Å²) in [4.78, 5) is 18.5. The van der Waals surface area contributed by atoms with Gasteiger partial charge in [-0.1, -0.05) is 0 Å². The molecule has 1 aliphatic rings. The van der Waals surface area contributed by atoms with Crippen molar-refractivity contribution in [3.8, 4) is 11.4 Å². The van der Waals surface area contributed by atoms with Crippen LogP contribution in [0.1, 0.15) is 12.8 Å². The third kappa shape index (κ3) is 5.20. The summed E-state index contributed by atoms with van der Waals surface area (Å²) in [5.41, 5.74) is 1.76. The Kier molecular flexibility index (Phi) is 5.86. The van der Waals surface area contributed by atoms with Crippen LogP contribution in [-0.2, 0) is 4.79 Å². The van der Waals surface area contributed by atoms with Gasteiger partial charge in [0.1, 0.15) is 17.7 Å². The van der Waals surface area contributed by atoms with Crippen molar-refractivity contribution in [2.45, 2.75) is 18.9 Å². The molecule has 2 heterocycles. The average molecular weight is 394 g/mol. The van der Waals surface area contributed by atoms with Gasteiger partial charge in [0, 0.05) is 36.9 Å². The fourth-order valence-electron chi connectivity index (χ4n) is 3.42. The zero-order valence-electron chi connectivity index (χ0n) is 16.0. The van der Waals surface area contributed by atoms with Crippen molar-refractivity contribution in [1.82, 2.24) is 14.5 Å². The minimum absolute atomic E-state index is 0.0294. The number of halogens is 1. The van der Waals surface area contributed by atoms with E-state index in [0.717, 1.165) is 37.3 Å². The van der Waals surface area contributed by atoms with Gasteiger partial charge in [-0.15, -0.1) is 0 Å². The lowest BCUT2D eigenvalue weighted by Gasteiger charge is -2.31. The molecule has 1 aromatic heterocycles. The molecule has 1 fully saturated rings. The van der Waals surface area contributed by atoms with E-state index in [0.29, 0.717) is 12.3 Å². The number of nitrogens with one attached hydrogen (secondary N) is 1. The molecule has 1 saturated heterocycles. The summed E-state index contributed by atoms with van der Waals surface area (Å²) in [6, 6.07) is 13.7. The molecular formula is C22H23FN4O2. The lowest BCUT2D eigenvalue weighted by atomic mass is 10.1. The summed E-state index contributed by atoms with van der Waals surface area (Å²) in [6.07, 6.45) is 7.10. The van der Waals surface area contributed by atoms with Crippen LogP contribution in [0.2, 0.25) is 0 Å². The van der Waals surface area contributed by atoms with Crippen molar-refractivity contribution < 1.29 is 13.9 Å². The molecule has 0 bridgehead atoms. The van der Waals surface area contributed by atoms with E-state index in [2.05, 4.69) is 15.2 Å². The first kappa shape index (κ1) is 19.1. The van der Waals surface area contributed by atoms with Gasteiger partial charge in [0.25, 0.3) is 0 Å². The van der Waals surface area contributed by atoms with Gasteiger partial charge in [0.2, 0.25) is 5.91 Å². The molecule has 4 rings (SSSR count). The Hall–Kier alpha value is -3.19. The number of likely N-dealkylation sites (tertiary alicyclic amines) is 1. The van der Waals surface area contributed by atoms with Crippen LogP contribution >= 0.6 is 0 Å². The van der Waals surface area contributed by atoms with Gasteiger partial charge in [-0.3, -0.25) is 9.69 Å². The minimum Gasteiger partial charge on any atom is -0.490 e. The van der Waals surface area contributed by atoms with Gasteiger partial charge in [-0.2, -0.15) is 0 Å². The third-order valence-electron chi connectivity index (χ3n) is 4.97. The van der Waals surface area contributed by atoms with E-state index < -0.39 is 0 Å². The number of rotatable bonds is 6. The van der Waals surface area contributed by atoms with Gasteiger partial charge in [0.15, 0.2) is 0 Å². The highest BCUT2D eigenvalue weighted by atomic mass is 19.1. The zero-order chi connectivity index (χ0) is 20.1. The topological polar surface area (TPSA) is 59.4 Å². The molecule has 7 heteroatoms. The van der Waals surface area contributed by atoms with E-state index in [4.69, 9.17) is 4.74 Å². The van der Waals surface area contributed by atoms with Crippen LogP contribution < -0.4 is 10.1 Å². The normalized spacial score (nSPS) is 15.2. The van der Waals surface area contributed by atoms with E-state index in [-0.39, 0.29) is 17.8 Å². The van der Waals surface area contributed by atoms with Crippen LogP contribution in [-0.4, -0.2) is 46.1 Å². The van der Waals surface area contributed by atoms with Crippen molar-refractivity contribution in [1.29, 1.82) is 0 Å². The van der Waals surface area contributed by atoms with E-state index >= 15 is 0 Å². The maximum absolute atomic E-state index is 13.0. The number of hydrogen-bond donors (Lipinski definition) is 1. The number of hydrogen-bond acceptors (Lipinski definition) is 4. The summed E-state index contributed by atoms with van der Waals surface area (Å²) in [6.45, 7) is 1.93. The van der Waals surface area contributed by atoms with Gasteiger partial charge in [0.05, 0.1) is 12.9 Å². The van der Waals surface area contributed by atoms with Crippen LogP contribution in [0.5, 0.6) is 5.75 Å². The fraction of sp³-hybridized carbons (Fsp3) is 0.273. The number of nitrogens with zero attached hydrogens (tertiary/aromatic N) is 3. The molecule has 0 atom stereocenters. The highest BCUT2D eigenvalue weighted by Gasteiger charge is 2.22. The van der Waals surface area contributed by atoms with Crippen LogP contribution in [0.15, 0.2) is 67.3 Å². The molecule has 29 heavy (non-hydrogen) atoms. The van der Waals surface area contributed by atoms with Crippen molar-refractivity contribution >= 4 is 11.6 Å². The van der Waals surface area contributed by atoms with Crippen molar-refractivity contribution in [3.63, 3.8) is 0 Å². The number of carbonyl (C=O) groups excluding carboxylic acids is 1. The number of amides is 1. The van der Waals surface area contributed by atoms with Crippen molar-refractivity contribution in [2.75, 3.05) is 25.0 Å². The summed E-state index contributed by atoms with van der Waals surface area (Å²) >= 11 is 0. The molecule has 2 aromatic carbocycles. The van der Waals surface area contributed by atoms with Gasteiger partial charge >= 0.3 is 0 Å². The molecular weight excluding hydrogens is 371 g/mol. The van der Waals surface area contributed by atoms with Crippen LogP contribution in [0.3, 0.4) is 0 Å². The molecule has 3 aromatic rings. The molecule has 0 spiro atoms. The predicted octanol–water partition coefficient (Wildman–Crippen LogP) is 3.49. The summed E-state index contributed by atoms with van der Waals surface area (Å²) < 4.78 is 20.8. The smallest absolute Gasteiger partial charge is 0.238 e. The first-order valence-corrected chi connectivity index (χ1v) is 9.68. The number of ether oxygens (including phenoxy) is 1.